The van der Waals surface area contributed by atoms with E-state index in [0.717, 1.165) is 50.9 Å². The largest absolute Gasteiger partial charge is 0.369 e. The van der Waals surface area contributed by atoms with E-state index in [2.05, 4.69) is 20.4 Å². The number of imide groups is 1. The van der Waals surface area contributed by atoms with Gasteiger partial charge in [-0.3, -0.25) is 19.8 Å². The topological polar surface area (TPSA) is 64.7 Å². The molecule has 6 nitrogen and oxygen atoms in total. The molecule has 4 rings (SSSR count). The molecule has 3 aliphatic heterocycles. The van der Waals surface area contributed by atoms with Gasteiger partial charge in [0, 0.05) is 50.4 Å². The van der Waals surface area contributed by atoms with Crippen LogP contribution in [0.2, 0.25) is 0 Å². The van der Waals surface area contributed by atoms with E-state index in [-0.39, 0.29) is 18.1 Å². The van der Waals surface area contributed by atoms with Gasteiger partial charge in [-0.2, -0.15) is 0 Å². The summed E-state index contributed by atoms with van der Waals surface area (Å²) in [5.41, 5.74) is 1.26. The number of anilines is 1. The Bertz CT molecular complexity index is 727. The molecule has 1 aromatic carbocycles. The van der Waals surface area contributed by atoms with Crippen LogP contribution in [0.5, 0.6) is 0 Å². The number of benzene rings is 1. The molecule has 3 aliphatic rings. The highest BCUT2D eigenvalue weighted by Gasteiger charge is 2.30. The number of nitrogens with one attached hydrogen (secondary N) is 2. The molecule has 1 atom stereocenters. The lowest BCUT2D eigenvalue weighted by Crippen LogP contribution is -2.48. The molecular weight excluding hydrogens is 359 g/mol. The zero-order valence-electron chi connectivity index (χ0n) is 16.3. The predicted octanol–water partition coefficient (Wildman–Crippen LogP) is 1.47. The van der Waals surface area contributed by atoms with Gasteiger partial charge in [0.2, 0.25) is 11.8 Å². The second-order valence-electron chi connectivity index (χ2n) is 8.19. The Morgan fingerprint density at radius 3 is 2.46 bits per heavy atom. The summed E-state index contributed by atoms with van der Waals surface area (Å²) < 4.78 is 14.7. The molecule has 2 amide bonds. The number of hydrogen-bond donors (Lipinski definition) is 2. The fourth-order valence-corrected chi connectivity index (χ4v) is 4.60. The number of halogens is 1. The first-order valence-electron chi connectivity index (χ1n) is 10.4. The van der Waals surface area contributed by atoms with Crippen molar-refractivity contribution in [1.29, 1.82) is 0 Å². The average Bonchev–Trinajstić information content (AvgIpc) is 2.70. The molecule has 152 valence electrons. The lowest BCUT2D eigenvalue weighted by atomic mass is 9.90. The maximum absolute atomic E-state index is 14.7. The van der Waals surface area contributed by atoms with Crippen molar-refractivity contribution < 1.29 is 14.0 Å². The van der Waals surface area contributed by atoms with Gasteiger partial charge in [0.1, 0.15) is 5.82 Å². The number of rotatable bonds is 4. The predicted molar refractivity (Wildman–Crippen MR) is 106 cm³/mol. The first-order chi connectivity index (χ1) is 13.6. The van der Waals surface area contributed by atoms with E-state index >= 15 is 0 Å². The highest BCUT2D eigenvalue weighted by atomic mass is 19.1. The summed E-state index contributed by atoms with van der Waals surface area (Å²) in [4.78, 5) is 28.1. The third kappa shape index (κ3) is 4.36. The summed E-state index contributed by atoms with van der Waals surface area (Å²) in [6.45, 7) is 7.20. The van der Waals surface area contributed by atoms with Gasteiger partial charge in [0.05, 0.1) is 5.92 Å². The van der Waals surface area contributed by atoms with Crippen molar-refractivity contribution in [1.82, 2.24) is 15.5 Å². The van der Waals surface area contributed by atoms with E-state index in [1.54, 1.807) is 12.1 Å². The Balaban J connectivity index is 1.34. The number of piperidine rings is 2. The Labute approximate surface area is 165 Å². The van der Waals surface area contributed by atoms with Gasteiger partial charge in [0.15, 0.2) is 0 Å². The summed E-state index contributed by atoms with van der Waals surface area (Å²) in [6, 6.07) is 5.16. The Morgan fingerprint density at radius 1 is 1.04 bits per heavy atom. The van der Waals surface area contributed by atoms with Crippen LogP contribution < -0.4 is 15.5 Å². The molecule has 28 heavy (non-hydrogen) atoms. The van der Waals surface area contributed by atoms with Crippen molar-refractivity contribution in [3.8, 4) is 0 Å². The van der Waals surface area contributed by atoms with Crippen LogP contribution in [0.4, 0.5) is 10.1 Å². The van der Waals surface area contributed by atoms with Crippen molar-refractivity contribution in [2.75, 3.05) is 50.7 Å². The second kappa shape index (κ2) is 8.57. The number of carbonyl (C=O) groups is 2. The Morgan fingerprint density at radius 2 is 1.79 bits per heavy atom. The van der Waals surface area contributed by atoms with E-state index in [9.17, 15) is 14.0 Å². The lowest BCUT2D eigenvalue weighted by Gasteiger charge is -2.38. The number of hydrogen-bond acceptors (Lipinski definition) is 5. The molecule has 3 heterocycles. The molecule has 0 aromatic heterocycles. The van der Waals surface area contributed by atoms with E-state index < -0.39 is 11.8 Å². The Kier molecular flexibility index (Phi) is 5.92. The number of piperazine rings is 1. The highest BCUT2D eigenvalue weighted by Crippen LogP contribution is 2.30. The van der Waals surface area contributed by atoms with E-state index in [1.807, 2.05) is 6.07 Å². The first-order valence-corrected chi connectivity index (χ1v) is 10.4. The third-order valence-corrected chi connectivity index (χ3v) is 6.31. The van der Waals surface area contributed by atoms with Crippen LogP contribution in [0.15, 0.2) is 18.2 Å². The van der Waals surface area contributed by atoms with Gasteiger partial charge in [-0.25, -0.2) is 4.39 Å². The minimum Gasteiger partial charge on any atom is -0.369 e. The van der Waals surface area contributed by atoms with E-state index in [0.29, 0.717) is 12.0 Å². The van der Waals surface area contributed by atoms with Crippen molar-refractivity contribution in [2.45, 2.75) is 31.6 Å². The molecule has 3 fully saturated rings. The van der Waals surface area contributed by atoms with Crippen molar-refractivity contribution in [3.63, 3.8) is 0 Å². The van der Waals surface area contributed by atoms with Gasteiger partial charge in [-0.05, 0) is 50.4 Å². The van der Waals surface area contributed by atoms with Crippen LogP contribution in [0.1, 0.15) is 37.2 Å². The molecule has 1 unspecified atom stereocenters. The standard InChI is InChI=1S/C21H29FN4O2/c22-19-13-16(1-2-17(19)18-3-4-20(27)24-21(18)28)26-11-9-25(10-12-26)14-15-5-7-23-8-6-15/h1-2,13,15,18,23H,3-12,14H2,(H,24,27,28). The second-order valence-corrected chi connectivity index (χ2v) is 8.19. The maximum atomic E-state index is 14.7. The van der Waals surface area contributed by atoms with Crippen LogP contribution in [0.3, 0.4) is 0 Å². The van der Waals surface area contributed by atoms with E-state index in [1.165, 1.54) is 19.4 Å². The maximum Gasteiger partial charge on any atom is 0.234 e. The first kappa shape index (κ1) is 19.3. The van der Waals surface area contributed by atoms with Crippen LogP contribution in [-0.4, -0.2) is 62.5 Å². The number of amides is 2. The zero-order valence-corrected chi connectivity index (χ0v) is 16.3. The van der Waals surface area contributed by atoms with Crippen LogP contribution in [0, 0.1) is 11.7 Å². The average molecular weight is 388 g/mol. The molecule has 0 spiro atoms. The highest BCUT2D eigenvalue weighted by molar-refractivity contribution is 6.01. The van der Waals surface area contributed by atoms with Crippen molar-refractivity contribution in [2.24, 2.45) is 5.92 Å². The van der Waals surface area contributed by atoms with E-state index in [4.69, 9.17) is 0 Å². The molecular formula is C21H29FN4O2. The van der Waals surface area contributed by atoms with Crippen molar-refractivity contribution >= 4 is 17.5 Å². The summed E-state index contributed by atoms with van der Waals surface area (Å²) in [5, 5.41) is 5.72. The van der Waals surface area contributed by atoms with Crippen molar-refractivity contribution in [3.05, 3.63) is 29.6 Å². The molecule has 0 radical (unpaired) electrons. The summed E-state index contributed by atoms with van der Waals surface area (Å²) in [7, 11) is 0. The molecule has 0 saturated carbocycles. The van der Waals surface area contributed by atoms with Gasteiger partial charge in [-0.15, -0.1) is 0 Å². The monoisotopic (exact) mass is 388 g/mol. The van der Waals surface area contributed by atoms with Crippen LogP contribution in [-0.2, 0) is 9.59 Å². The molecule has 2 N–H and O–H groups in total. The molecule has 7 heteroatoms. The third-order valence-electron chi connectivity index (χ3n) is 6.31. The van der Waals surface area contributed by atoms with Crippen LogP contribution in [0.25, 0.3) is 0 Å². The lowest BCUT2D eigenvalue weighted by molar-refractivity contribution is -0.134. The molecule has 1 aromatic rings. The number of carbonyl (C=O) groups excluding carboxylic acids is 2. The fraction of sp³-hybridized carbons (Fsp3) is 0.619. The quantitative estimate of drug-likeness (QED) is 0.765. The van der Waals surface area contributed by atoms with Gasteiger partial charge in [0.25, 0.3) is 0 Å². The SMILES string of the molecule is O=C1CCC(c2ccc(N3CCN(CC4CCNCC4)CC3)cc2F)C(=O)N1. The summed E-state index contributed by atoms with van der Waals surface area (Å²) in [5.74, 6) is -0.814. The normalized spacial score (nSPS) is 25.0. The summed E-state index contributed by atoms with van der Waals surface area (Å²) >= 11 is 0. The Hall–Kier alpha value is -1.99. The van der Waals surface area contributed by atoms with Crippen LogP contribution >= 0.6 is 0 Å². The fourth-order valence-electron chi connectivity index (χ4n) is 4.60. The van der Waals surface area contributed by atoms with Gasteiger partial charge in [-0.1, -0.05) is 6.07 Å². The summed E-state index contributed by atoms with van der Waals surface area (Å²) in [6.07, 6.45) is 3.15. The minimum atomic E-state index is -0.575. The van der Waals surface area contributed by atoms with Gasteiger partial charge < -0.3 is 10.2 Å². The molecule has 3 saturated heterocycles. The zero-order chi connectivity index (χ0) is 19.5. The minimum absolute atomic E-state index is 0.261. The molecule has 0 bridgehead atoms. The van der Waals surface area contributed by atoms with Gasteiger partial charge >= 0.3 is 0 Å². The molecule has 0 aliphatic carbocycles. The number of nitrogens with zero attached hydrogens (tertiary/aromatic N) is 2. The smallest absolute Gasteiger partial charge is 0.234 e.